The molecule has 0 aromatic rings. The number of thioether (sulfide) groups is 1. The molecule has 0 saturated carbocycles. The second-order valence-corrected chi connectivity index (χ2v) is 6.44. The fourth-order valence-electron chi connectivity index (χ4n) is 2.20. The van der Waals surface area contributed by atoms with Crippen LogP contribution in [0.15, 0.2) is 0 Å². The van der Waals surface area contributed by atoms with E-state index < -0.39 is 5.97 Å². The summed E-state index contributed by atoms with van der Waals surface area (Å²) in [5.41, 5.74) is 0. The minimum Gasteiger partial charge on any atom is -1.00 e. The molecule has 20 heavy (non-hydrogen) atoms. The van der Waals surface area contributed by atoms with Crippen molar-refractivity contribution < 1.29 is 12.8 Å². The van der Waals surface area contributed by atoms with Gasteiger partial charge in [0.2, 0.25) is 0 Å². The Morgan fingerprint density at radius 2 is 1.25 bits per heavy atom. The van der Waals surface area contributed by atoms with Crippen molar-refractivity contribution in [1.82, 2.24) is 0 Å². The standard InChI is InChI=1S/C16H32O2S.Mg.2H/c1-2-3-4-5-6-7-8-9-10-11-12-13-14-19-15-16(17)18;;;/h2-15H2,1H3,(H,17,18);;;/q;+2;2*-1. The molecule has 0 heterocycles. The maximum Gasteiger partial charge on any atom is 2.00 e. The smallest absolute Gasteiger partial charge is 1.00 e. The van der Waals surface area contributed by atoms with Gasteiger partial charge in [0.05, 0.1) is 5.75 Å². The SMILES string of the molecule is CCCCCCCCCCCCCCSCC(=O)O.[H-].[H-].[Mg+2]. The van der Waals surface area contributed by atoms with Crippen molar-refractivity contribution in [3.63, 3.8) is 0 Å². The van der Waals surface area contributed by atoms with Gasteiger partial charge < -0.3 is 7.96 Å². The summed E-state index contributed by atoms with van der Waals surface area (Å²) >= 11 is 1.54. The van der Waals surface area contributed by atoms with Crippen LogP contribution in [-0.4, -0.2) is 45.6 Å². The van der Waals surface area contributed by atoms with E-state index in [1.807, 2.05) is 0 Å². The third-order valence-electron chi connectivity index (χ3n) is 3.37. The zero-order chi connectivity index (χ0) is 14.2. The third-order valence-corrected chi connectivity index (χ3v) is 4.40. The minimum atomic E-state index is -0.691. The second kappa shape index (κ2) is 19.6. The van der Waals surface area contributed by atoms with Gasteiger partial charge in [-0.3, -0.25) is 4.79 Å². The van der Waals surface area contributed by atoms with Gasteiger partial charge in [-0.1, -0.05) is 77.6 Å². The van der Waals surface area contributed by atoms with Crippen molar-refractivity contribution in [3.05, 3.63) is 0 Å². The largest absolute Gasteiger partial charge is 2.00 e. The Balaban J connectivity index is -0.000000540. The molecule has 0 bridgehead atoms. The minimum absolute atomic E-state index is 0. The maximum absolute atomic E-state index is 10.3. The molecule has 0 rings (SSSR count). The summed E-state index contributed by atoms with van der Waals surface area (Å²) in [6, 6.07) is 0. The summed E-state index contributed by atoms with van der Waals surface area (Å²) in [5.74, 6) is 0.575. The van der Waals surface area contributed by atoms with Crippen LogP contribution in [0.5, 0.6) is 0 Å². The molecule has 0 aliphatic carbocycles. The van der Waals surface area contributed by atoms with Gasteiger partial charge in [-0.05, 0) is 12.2 Å². The van der Waals surface area contributed by atoms with Gasteiger partial charge in [0, 0.05) is 0 Å². The average molecular weight is 315 g/mol. The van der Waals surface area contributed by atoms with Crippen molar-refractivity contribution in [2.24, 2.45) is 0 Å². The first-order valence-electron chi connectivity index (χ1n) is 8.07. The van der Waals surface area contributed by atoms with E-state index in [2.05, 4.69) is 6.92 Å². The monoisotopic (exact) mass is 314 g/mol. The topological polar surface area (TPSA) is 37.3 Å². The molecule has 0 unspecified atom stereocenters. The van der Waals surface area contributed by atoms with Crippen molar-refractivity contribution in [1.29, 1.82) is 0 Å². The molecule has 0 spiro atoms. The van der Waals surface area contributed by atoms with E-state index in [0.29, 0.717) is 0 Å². The number of hydrogen-bond acceptors (Lipinski definition) is 2. The summed E-state index contributed by atoms with van der Waals surface area (Å²) in [5, 5.41) is 8.48. The van der Waals surface area contributed by atoms with Crippen molar-refractivity contribution in [2.75, 3.05) is 11.5 Å². The van der Waals surface area contributed by atoms with Crippen LogP contribution in [0.1, 0.15) is 86.8 Å². The number of hydrogen-bond donors (Lipinski definition) is 1. The Kier molecular flexibility index (Phi) is 22.4. The molecular weight excluding hydrogens is 281 g/mol. The van der Waals surface area contributed by atoms with Crippen molar-refractivity contribution in [3.8, 4) is 0 Å². The molecule has 0 amide bonds. The Morgan fingerprint density at radius 1 is 0.850 bits per heavy atom. The number of carboxylic acids is 1. The van der Waals surface area contributed by atoms with Crippen LogP contribution >= 0.6 is 11.8 Å². The summed E-state index contributed by atoms with van der Waals surface area (Å²) < 4.78 is 0. The van der Waals surface area contributed by atoms with E-state index >= 15 is 0 Å². The number of aliphatic carboxylic acids is 1. The zero-order valence-corrected chi connectivity index (χ0v) is 15.6. The number of carboxylic acid groups (broad SMARTS) is 1. The van der Waals surface area contributed by atoms with Crippen molar-refractivity contribution in [2.45, 2.75) is 84.0 Å². The van der Waals surface area contributed by atoms with Crippen molar-refractivity contribution >= 4 is 40.8 Å². The summed E-state index contributed by atoms with van der Waals surface area (Å²) in [6.07, 6.45) is 16.3. The molecule has 0 atom stereocenters. The molecule has 118 valence electrons. The molecule has 4 heteroatoms. The summed E-state index contributed by atoms with van der Waals surface area (Å²) in [6.45, 7) is 2.26. The number of unbranched alkanes of at least 4 members (excludes halogenated alkanes) is 11. The van der Waals surface area contributed by atoms with E-state index in [-0.39, 0.29) is 31.7 Å². The Bertz CT molecular complexity index is 211. The number of rotatable bonds is 15. The summed E-state index contributed by atoms with van der Waals surface area (Å²) in [4.78, 5) is 10.3. The van der Waals surface area contributed by atoms with Gasteiger partial charge in [0.25, 0.3) is 0 Å². The van der Waals surface area contributed by atoms with E-state index in [1.54, 1.807) is 11.8 Å². The molecule has 0 aliphatic heterocycles. The van der Waals surface area contributed by atoms with Crippen LogP contribution in [0.25, 0.3) is 0 Å². The average Bonchev–Trinajstić information content (AvgIpc) is 2.39. The van der Waals surface area contributed by atoms with Gasteiger partial charge in [-0.2, -0.15) is 11.8 Å². The molecule has 0 aromatic carbocycles. The molecule has 0 radical (unpaired) electrons. The summed E-state index contributed by atoms with van der Waals surface area (Å²) in [7, 11) is 0. The third kappa shape index (κ3) is 20.9. The van der Waals surface area contributed by atoms with Gasteiger partial charge in [-0.15, -0.1) is 0 Å². The first-order chi connectivity index (χ1) is 9.27. The molecule has 0 aliphatic rings. The predicted molar refractivity (Wildman–Crippen MR) is 94.0 cm³/mol. The van der Waals surface area contributed by atoms with Crippen LogP contribution in [0.4, 0.5) is 0 Å². The maximum atomic E-state index is 10.3. The van der Waals surface area contributed by atoms with E-state index in [9.17, 15) is 4.79 Å². The molecule has 0 aromatic heterocycles. The Hall–Kier alpha value is 0.586. The molecular formula is C16H34MgO2S. The molecule has 0 saturated heterocycles. The molecule has 2 nitrogen and oxygen atoms in total. The van der Waals surface area contributed by atoms with Gasteiger partial charge in [-0.25, -0.2) is 0 Å². The normalized spacial score (nSPS) is 10.2. The van der Waals surface area contributed by atoms with E-state index in [4.69, 9.17) is 5.11 Å². The van der Waals surface area contributed by atoms with Gasteiger partial charge in [0.15, 0.2) is 0 Å². The predicted octanol–water partition coefficient (Wildman–Crippen LogP) is 5.35. The van der Waals surface area contributed by atoms with Crippen LogP contribution in [0.3, 0.4) is 0 Å². The molecule has 1 N–H and O–H groups in total. The first kappa shape index (κ1) is 22.9. The van der Waals surface area contributed by atoms with Gasteiger partial charge >= 0.3 is 29.0 Å². The quantitative estimate of drug-likeness (QED) is 0.327. The second-order valence-electron chi connectivity index (χ2n) is 5.34. The van der Waals surface area contributed by atoms with Crippen LogP contribution in [0, 0.1) is 0 Å². The Morgan fingerprint density at radius 3 is 1.65 bits per heavy atom. The van der Waals surface area contributed by atoms with Crippen LogP contribution in [-0.2, 0) is 4.79 Å². The first-order valence-corrected chi connectivity index (χ1v) is 9.22. The zero-order valence-electron chi connectivity index (χ0n) is 15.4. The fourth-order valence-corrected chi connectivity index (χ4v) is 2.93. The number of carbonyl (C=O) groups is 1. The van der Waals surface area contributed by atoms with Gasteiger partial charge in [0.1, 0.15) is 0 Å². The van der Waals surface area contributed by atoms with Crippen LogP contribution in [0.2, 0.25) is 0 Å². The Labute approximate surface area is 149 Å². The van der Waals surface area contributed by atoms with E-state index in [0.717, 1.165) is 5.75 Å². The van der Waals surface area contributed by atoms with Crippen LogP contribution < -0.4 is 0 Å². The fraction of sp³-hybridized carbons (Fsp3) is 0.938. The molecule has 0 fully saturated rings. The van der Waals surface area contributed by atoms with E-state index in [1.165, 1.54) is 77.0 Å².